The lowest BCUT2D eigenvalue weighted by Crippen LogP contribution is -2.29. The molecule has 0 aromatic carbocycles. The van der Waals surface area contributed by atoms with E-state index in [1.165, 1.54) is 12.8 Å². The van der Waals surface area contributed by atoms with Crippen molar-refractivity contribution in [3.05, 3.63) is 23.4 Å². The predicted octanol–water partition coefficient (Wildman–Crippen LogP) is 2.95. The Kier molecular flexibility index (Phi) is 4.99. The molecule has 0 unspecified atom stereocenters. The Balaban J connectivity index is 2.16. The van der Waals surface area contributed by atoms with Crippen LogP contribution in [0.4, 0.5) is 5.82 Å². The molecule has 1 aromatic rings. The molecule has 0 spiro atoms. The highest BCUT2D eigenvalue weighted by molar-refractivity contribution is 5.94. The van der Waals surface area contributed by atoms with Crippen LogP contribution >= 0.6 is 0 Å². The number of carbonyl (C=O) groups excluding carboxylic acids is 1. The first kappa shape index (κ1) is 14.8. The molecule has 1 N–H and O–H groups in total. The Hall–Kier alpha value is -1.58. The molecule has 4 nitrogen and oxygen atoms in total. The first-order valence-electron chi connectivity index (χ1n) is 7.64. The van der Waals surface area contributed by atoms with Gasteiger partial charge in [0.1, 0.15) is 5.82 Å². The van der Waals surface area contributed by atoms with Gasteiger partial charge in [-0.15, -0.1) is 0 Å². The van der Waals surface area contributed by atoms with Gasteiger partial charge in [0.15, 0.2) is 0 Å². The van der Waals surface area contributed by atoms with Crippen LogP contribution in [0.1, 0.15) is 49.2 Å². The maximum atomic E-state index is 12.5. The summed E-state index contributed by atoms with van der Waals surface area (Å²) in [7, 11) is 1.90. The Morgan fingerprint density at radius 3 is 2.75 bits per heavy atom. The van der Waals surface area contributed by atoms with Crippen molar-refractivity contribution in [3.63, 3.8) is 0 Å². The number of nitrogens with zero attached hydrogens (tertiary/aromatic N) is 2. The van der Waals surface area contributed by atoms with E-state index in [4.69, 9.17) is 0 Å². The van der Waals surface area contributed by atoms with Crippen molar-refractivity contribution in [1.29, 1.82) is 0 Å². The van der Waals surface area contributed by atoms with E-state index >= 15 is 0 Å². The zero-order valence-corrected chi connectivity index (χ0v) is 12.8. The van der Waals surface area contributed by atoms with Gasteiger partial charge in [-0.2, -0.15) is 0 Å². The van der Waals surface area contributed by atoms with Crippen molar-refractivity contribution in [1.82, 2.24) is 9.88 Å². The van der Waals surface area contributed by atoms with Crippen LogP contribution in [0.15, 0.2) is 12.1 Å². The van der Waals surface area contributed by atoms with E-state index in [1.807, 2.05) is 31.0 Å². The fraction of sp³-hybridized carbons (Fsp3) is 0.625. The van der Waals surface area contributed by atoms with Crippen molar-refractivity contribution in [2.45, 2.75) is 39.5 Å². The fourth-order valence-corrected chi connectivity index (χ4v) is 2.36. The van der Waals surface area contributed by atoms with E-state index < -0.39 is 0 Å². The van der Waals surface area contributed by atoms with Gasteiger partial charge in [-0.25, -0.2) is 4.98 Å². The molecular formula is C16H25N3O. The molecule has 4 heteroatoms. The van der Waals surface area contributed by atoms with Crippen molar-refractivity contribution >= 4 is 11.7 Å². The van der Waals surface area contributed by atoms with Gasteiger partial charge in [-0.1, -0.05) is 13.3 Å². The van der Waals surface area contributed by atoms with Gasteiger partial charge in [0, 0.05) is 31.4 Å². The highest BCUT2D eigenvalue weighted by Crippen LogP contribution is 2.29. The predicted molar refractivity (Wildman–Crippen MR) is 82.1 cm³/mol. The van der Waals surface area contributed by atoms with Gasteiger partial charge in [0.2, 0.25) is 0 Å². The number of aromatic nitrogens is 1. The number of aryl methyl sites for hydroxylation is 1. The summed E-state index contributed by atoms with van der Waals surface area (Å²) in [4.78, 5) is 18.9. The highest BCUT2D eigenvalue weighted by Gasteiger charge is 2.25. The van der Waals surface area contributed by atoms with E-state index in [1.54, 1.807) is 0 Å². The molecule has 1 saturated carbocycles. The summed E-state index contributed by atoms with van der Waals surface area (Å²) in [5, 5.41) is 3.21. The van der Waals surface area contributed by atoms with Gasteiger partial charge in [0.05, 0.1) is 0 Å². The Morgan fingerprint density at radius 1 is 1.40 bits per heavy atom. The highest BCUT2D eigenvalue weighted by atomic mass is 16.2. The normalized spacial score (nSPS) is 14.2. The second kappa shape index (κ2) is 6.73. The third kappa shape index (κ3) is 3.95. The number of rotatable bonds is 7. The average Bonchev–Trinajstić information content (AvgIpc) is 3.22. The van der Waals surface area contributed by atoms with Crippen molar-refractivity contribution in [2.24, 2.45) is 5.92 Å². The topological polar surface area (TPSA) is 45.2 Å². The van der Waals surface area contributed by atoms with E-state index in [-0.39, 0.29) is 5.91 Å². The number of hydrogen-bond donors (Lipinski definition) is 1. The van der Waals surface area contributed by atoms with Crippen molar-refractivity contribution < 1.29 is 4.79 Å². The van der Waals surface area contributed by atoms with Crippen LogP contribution in [0.2, 0.25) is 0 Å². The lowest BCUT2D eigenvalue weighted by molar-refractivity contribution is 0.0788. The van der Waals surface area contributed by atoms with E-state index in [9.17, 15) is 4.79 Å². The third-order valence-corrected chi connectivity index (χ3v) is 3.57. The number of hydrogen-bond acceptors (Lipinski definition) is 3. The molecule has 1 amide bonds. The minimum atomic E-state index is 0.107. The van der Waals surface area contributed by atoms with Crippen LogP contribution in [0.25, 0.3) is 0 Å². The Labute approximate surface area is 121 Å². The van der Waals surface area contributed by atoms with Crippen molar-refractivity contribution in [3.8, 4) is 0 Å². The summed E-state index contributed by atoms with van der Waals surface area (Å²) in [6.07, 6.45) is 4.47. The molecule has 1 aromatic heterocycles. The molecule has 2 rings (SSSR count). The van der Waals surface area contributed by atoms with E-state index in [0.29, 0.717) is 5.92 Å². The Morgan fingerprint density at radius 2 is 2.15 bits per heavy atom. The van der Waals surface area contributed by atoms with Crippen LogP contribution in [0.3, 0.4) is 0 Å². The van der Waals surface area contributed by atoms with Gasteiger partial charge >= 0.3 is 0 Å². The molecule has 1 heterocycles. The van der Waals surface area contributed by atoms with Crippen LogP contribution in [-0.2, 0) is 6.42 Å². The molecule has 0 aliphatic heterocycles. The summed E-state index contributed by atoms with van der Waals surface area (Å²) >= 11 is 0. The largest absolute Gasteiger partial charge is 0.370 e. The number of amides is 1. The maximum absolute atomic E-state index is 12.5. The second-order valence-corrected chi connectivity index (χ2v) is 5.64. The van der Waals surface area contributed by atoms with E-state index in [2.05, 4.69) is 17.2 Å². The second-order valence-electron chi connectivity index (χ2n) is 5.64. The monoisotopic (exact) mass is 275 g/mol. The fourth-order valence-electron chi connectivity index (χ4n) is 2.36. The minimum Gasteiger partial charge on any atom is -0.370 e. The lowest BCUT2D eigenvalue weighted by atomic mass is 10.1. The molecule has 1 aliphatic rings. The third-order valence-electron chi connectivity index (χ3n) is 3.57. The summed E-state index contributed by atoms with van der Waals surface area (Å²) in [6, 6.07) is 3.81. The molecule has 0 saturated heterocycles. The average molecular weight is 275 g/mol. The summed E-state index contributed by atoms with van der Waals surface area (Å²) < 4.78 is 0. The molecule has 1 fully saturated rings. The van der Waals surface area contributed by atoms with Crippen LogP contribution in [0.5, 0.6) is 0 Å². The van der Waals surface area contributed by atoms with Crippen LogP contribution in [-0.4, -0.2) is 35.9 Å². The summed E-state index contributed by atoms with van der Waals surface area (Å²) in [5.41, 5.74) is 1.75. The zero-order chi connectivity index (χ0) is 14.5. The molecule has 110 valence electrons. The van der Waals surface area contributed by atoms with Gasteiger partial charge in [-0.3, -0.25) is 4.79 Å². The van der Waals surface area contributed by atoms with Gasteiger partial charge in [-0.05, 0) is 44.2 Å². The van der Waals surface area contributed by atoms with Gasteiger partial charge < -0.3 is 10.2 Å². The first-order valence-corrected chi connectivity index (χ1v) is 7.64. The molecular weight excluding hydrogens is 250 g/mol. The number of nitrogens with one attached hydrogen (secondary N) is 1. The molecule has 0 bridgehead atoms. The first-order chi connectivity index (χ1) is 9.63. The van der Waals surface area contributed by atoms with Crippen LogP contribution < -0.4 is 5.32 Å². The summed E-state index contributed by atoms with van der Waals surface area (Å²) in [6.45, 7) is 5.85. The summed E-state index contributed by atoms with van der Waals surface area (Å²) in [5.74, 6) is 1.63. The zero-order valence-electron chi connectivity index (χ0n) is 12.8. The molecule has 20 heavy (non-hydrogen) atoms. The quantitative estimate of drug-likeness (QED) is 0.832. The molecule has 0 radical (unpaired) electrons. The SMILES string of the molecule is CCCc1cc(C(=O)N(C)CC2CC2)cc(NCC)n1. The van der Waals surface area contributed by atoms with Gasteiger partial charge in [0.25, 0.3) is 5.91 Å². The molecule has 0 atom stereocenters. The number of pyridine rings is 1. The number of anilines is 1. The standard InChI is InChI=1S/C16H25N3O/c1-4-6-14-9-13(10-15(18-14)17-5-2)16(20)19(3)11-12-7-8-12/h9-10,12H,4-8,11H2,1-3H3,(H,17,18). The van der Waals surface area contributed by atoms with E-state index in [0.717, 1.165) is 43.0 Å². The maximum Gasteiger partial charge on any atom is 0.253 e. The van der Waals surface area contributed by atoms with Crippen molar-refractivity contribution in [2.75, 3.05) is 25.5 Å². The molecule has 1 aliphatic carbocycles. The smallest absolute Gasteiger partial charge is 0.253 e. The minimum absolute atomic E-state index is 0.107. The Bertz CT molecular complexity index is 445. The number of carbonyl (C=O) groups is 1. The lowest BCUT2D eigenvalue weighted by Gasteiger charge is -2.18. The van der Waals surface area contributed by atoms with Crippen LogP contribution in [0, 0.1) is 5.92 Å².